The van der Waals surface area contributed by atoms with Crippen LogP contribution < -0.4 is 5.01 Å². The van der Waals surface area contributed by atoms with Crippen molar-refractivity contribution < 1.29 is 9.84 Å². The van der Waals surface area contributed by atoms with Crippen molar-refractivity contribution in [2.24, 2.45) is 5.10 Å². The van der Waals surface area contributed by atoms with Gasteiger partial charge in [0.1, 0.15) is 0 Å². The molecule has 1 radical (unpaired) electrons. The molecule has 0 atom stereocenters. The zero-order chi connectivity index (χ0) is 9.10. The summed E-state index contributed by atoms with van der Waals surface area (Å²) in [6.07, 6.45) is 0. The molecule has 0 N–H and O–H groups in total. The number of rotatable bonds is 2. The number of nitrogens with zero attached hydrogens (tertiary/aromatic N) is 2. The first-order chi connectivity index (χ1) is 6.40. The fourth-order valence-corrected chi connectivity index (χ4v) is 1.13. The Morgan fingerprint density at radius 3 is 2.77 bits per heavy atom. The Hall–Kier alpha value is -1.55. The van der Waals surface area contributed by atoms with Gasteiger partial charge in [-0.05, 0) is 12.1 Å². The number of benzene rings is 1. The van der Waals surface area contributed by atoms with Crippen molar-refractivity contribution >= 4 is 11.6 Å². The zero-order valence-corrected chi connectivity index (χ0v) is 7.01. The van der Waals surface area contributed by atoms with Gasteiger partial charge < -0.3 is 4.74 Å². The van der Waals surface area contributed by atoms with Crippen molar-refractivity contribution in [2.45, 2.75) is 0 Å². The minimum atomic E-state index is -0.399. The van der Waals surface area contributed by atoms with E-state index in [1.807, 2.05) is 30.3 Å². The molecule has 1 aromatic rings. The molecule has 0 spiro atoms. The molecule has 1 heterocycles. The molecule has 1 aromatic carbocycles. The average molecular weight is 177 g/mol. The van der Waals surface area contributed by atoms with Crippen LogP contribution >= 0.6 is 0 Å². The third kappa shape index (κ3) is 1.62. The van der Waals surface area contributed by atoms with Crippen molar-refractivity contribution in [1.29, 1.82) is 0 Å². The Bertz CT molecular complexity index is 311. The molecule has 0 saturated heterocycles. The van der Waals surface area contributed by atoms with Gasteiger partial charge in [0.05, 0.1) is 5.69 Å². The topological polar surface area (TPSA) is 44.7 Å². The summed E-state index contributed by atoms with van der Waals surface area (Å²) >= 11 is 0. The van der Waals surface area contributed by atoms with E-state index in [4.69, 9.17) is 4.74 Å². The van der Waals surface area contributed by atoms with Gasteiger partial charge >= 0.3 is 0 Å². The van der Waals surface area contributed by atoms with E-state index in [1.165, 1.54) is 0 Å². The first-order valence-corrected chi connectivity index (χ1v) is 4.01. The number of hydrogen-bond donors (Lipinski definition) is 0. The van der Waals surface area contributed by atoms with Crippen LogP contribution in [0.1, 0.15) is 0 Å². The second-order valence-corrected chi connectivity index (χ2v) is 2.65. The van der Waals surface area contributed by atoms with Crippen molar-refractivity contribution in [3.63, 3.8) is 0 Å². The van der Waals surface area contributed by atoms with Crippen molar-refractivity contribution in [3.8, 4) is 0 Å². The molecule has 13 heavy (non-hydrogen) atoms. The maximum atomic E-state index is 10.4. The Labute approximate surface area is 76.1 Å². The van der Waals surface area contributed by atoms with Gasteiger partial charge in [-0.2, -0.15) is 0 Å². The first kappa shape index (κ1) is 8.07. The number of ether oxygens (including phenoxy) is 1. The van der Waals surface area contributed by atoms with E-state index in [2.05, 4.69) is 5.10 Å². The van der Waals surface area contributed by atoms with Crippen LogP contribution in [0.4, 0.5) is 5.69 Å². The van der Waals surface area contributed by atoms with Crippen molar-refractivity contribution in [3.05, 3.63) is 30.3 Å². The molecular formula is C9H9N2O2. The molecule has 0 aromatic heterocycles. The summed E-state index contributed by atoms with van der Waals surface area (Å²) in [5.74, 6) is 0.254. The normalized spacial score (nSPS) is 15.5. The van der Waals surface area contributed by atoms with Crippen molar-refractivity contribution in [1.82, 2.24) is 0 Å². The molecule has 2 rings (SSSR count). The molecule has 0 fully saturated rings. The summed E-state index contributed by atoms with van der Waals surface area (Å²) in [7, 11) is 0. The van der Waals surface area contributed by atoms with E-state index >= 15 is 0 Å². The molecule has 4 nitrogen and oxygen atoms in total. The number of hydrogen-bond acceptors (Lipinski definition) is 3. The van der Waals surface area contributed by atoms with Crippen LogP contribution in [0.25, 0.3) is 0 Å². The quantitative estimate of drug-likeness (QED) is 0.681. The Morgan fingerprint density at radius 1 is 1.38 bits per heavy atom. The van der Waals surface area contributed by atoms with Gasteiger partial charge in [0, 0.05) is 0 Å². The highest BCUT2D eigenvalue weighted by atomic mass is 16.5. The highest BCUT2D eigenvalue weighted by Gasteiger charge is 2.15. The lowest BCUT2D eigenvalue weighted by atomic mass is 10.3. The molecule has 1 aliphatic heterocycles. The third-order valence-corrected chi connectivity index (χ3v) is 1.76. The molecule has 0 unspecified atom stereocenters. The molecule has 4 heteroatoms. The van der Waals surface area contributed by atoms with Gasteiger partial charge in [0.15, 0.2) is 13.3 Å². The molecular weight excluding hydrogens is 168 g/mol. The van der Waals surface area contributed by atoms with Crippen LogP contribution in [0.15, 0.2) is 35.4 Å². The van der Waals surface area contributed by atoms with Gasteiger partial charge in [0.25, 0.3) is 0 Å². The molecule has 0 amide bonds. The predicted octanol–water partition coefficient (Wildman–Crippen LogP) is 1.22. The third-order valence-electron chi connectivity index (χ3n) is 1.76. The largest absolute Gasteiger partial charge is 0.455 e. The van der Waals surface area contributed by atoms with Gasteiger partial charge in [-0.25, -0.2) is 10.1 Å². The number of anilines is 1. The summed E-state index contributed by atoms with van der Waals surface area (Å²) in [4.78, 5) is 0. The second kappa shape index (κ2) is 3.45. The summed E-state index contributed by atoms with van der Waals surface area (Å²) in [5, 5.41) is 16.1. The summed E-state index contributed by atoms with van der Waals surface area (Å²) in [6, 6.07) is 9.60. The lowest BCUT2D eigenvalue weighted by Gasteiger charge is -2.09. The van der Waals surface area contributed by atoms with E-state index in [0.29, 0.717) is 6.73 Å². The predicted molar refractivity (Wildman–Crippen MR) is 47.9 cm³/mol. The minimum Gasteiger partial charge on any atom is -0.455 e. The first-order valence-electron chi connectivity index (χ1n) is 4.01. The van der Waals surface area contributed by atoms with Gasteiger partial charge in [-0.1, -0.05) is 18.2 Å². The Balaban J connectivity index is 2.16. The minimum absolute atomic E-state index is 0.254. The van der Waals surface area contributed by atoms with E-state index in [1.54, 1.807) is 5.01 Å². The van der Waals surface area contributed by atoms with E-state index in [9.17, 15) is 5.11 Å². The summed E-state index contributed by atoms with van der Waals surface area (Å²) in [5.41, 5.74) is 0.936. The second-order valence-electron chi connectivity index (χ2n) is 2.65. The molecule has 67 valence electrons. The van der Waals surface area contributed by atoms with Gasteiger partial charge in [-0.3, -0.25) is 0 Å². The summed E-state index contributed by atoms with van der Waals surface area (Å²) in [6.45, 7) is -0.0646. The molecule has 0 saturated carbocycles. The maximum Gasteiger partial charge on any atom is 0.238 e. The maximum absolute atomic E-state index is 10.4. The van der Waals surface area contributed by atoms with Crippen LogP contribution in [0.2, 0.25) is 0 Å². The monoisotopic (exact) mass is 177 g/mol. The molecule has 0 bridgehead atoms. The van der Waals surface area contributed by atoms with Crippen LogP contribution in [0.5, 0.6) is 0 Å². The van der Waals surface area contributed by atoms with Crippen molar-refractivity contribution in [2.75, 3.05) is 18.3 Å². The smallest absolute Gasteiger partial charge is 0.238 e. The molecule has 1 aliphatic rings. The van der Waals surface area contributed by atoms with Crippen LogP contribution in [-0.2, 0) is 9.84 Å². The highest BCUT2D eigenvalue weighted by molar-refractivity contribution is 5.80. The summed E-state index contributed by atoms with van der Waals surface area (Å²) < 4.78 is 5.03. The van der Waals surface area contributed by atoms with E-state index < -0.39 is 6.61 Å². The van der Waals surface area contributed by atoms with Gasteiger partial charge in [-0.15, -0.1) is 5.10 Å². The highest BCUT2D eigenvalue weighted by Crippen LogP contribution is 2.16. The number of hydrazone groups is 1. The lowest BCUT2D eigenvalue weighted by Crippen LogP contribution is -2.12. The molecule has 0 aliphatic carbocycles. The Kier molecular flexibility index (Phi) is 2.14. The van der Waals surface area contributed by atoms with Crippen LogP contribution in [0.3, 0.4) is 0 Å². The fourth-order valence-electron chi connectivity index (χ4n) is 1.13. The standard InChI is InChI=1S/C9H9N2O2/c12-6-9-10-11(7-13-9)8-4-2-1-3-5-8/h1-5H,6-7H2. The van der Waals surface area contributed by atoms with Crippen LogP contribution in [0, 0.1) is 0 Å². The fraction of sp³-hybridized carbons (Fsp3) is 0.222. The zero-order valence-electron chi connectivity index (χ0n) is 7.01. The SMILES string of the molecule is [O]CC1=NN(c2ccccc2)CO1. The van der Waals surface area contributed by atoms with Crippen LogP contribution in [-0.4, -0.2) is 19.2 Å². The van der Waals surface area contributed by atoms with E-state index in [-0.39, 0.29) is 5.90 Å². The number of para-hydroxylation sites is 1. The van der Waals surface area contributed by atoms with E-state index in [0.717, 1.165) is 5.69 Å². The lowest BCUT2D eigenvalue weighted by molar-refractivity contribution is 0.211. The Morgan fingerprint density at radius 2 is 2.15 bits per heavy atom. The van der Waals surface area contributed by atoms with Gasteiger partial charge in [0.2, 0.25) is 5.90 Å². The average Bonchev–Trinajstić information content (AvgIpc) is 2.67.